The van der Waals surface area contributed by atoms with E-state index in [0.29, 0.717) is 16.0 Å². The highest BCUT2D eigenvalue weighted by atomic mass is 79.9. The molecule has 3 N–H and O–H groups in total. The summed E-state index contributed by atoms with van der Waals surface area (Å²) in [7, 11) is 0. The zero-order valence-electron chi connectivity index (χ0n) is 9.77. The van der Waals surface area contributed by atoms with Crippen molar-refractivity contribution in [2.24, 2.45) is 0 Å². The van der Waals surface area contributed by atoms with E-state index in [2.05, 4.69) is 36.2 Å². The van der Waals surface area contributed by atoms with Gasteiger partial charge in [0.1, 0.15) is 4.60 Å². The van der Waals surface area contributed by atoms with Crippen LogP contribution in [0.2, 0.25) is 0 Å². The van der Waals surface area contributed by atoms with E-state index in [1.54, 1.807) is 19.1 Å². The second-order valence-corrected chi connectivity index (χ2v) is 4.46. The van der Waals surface area contributed by atoms with Gasteiger partial charge in [0.25, 0.3) is 5.91 Å². The summed E-state index contributed by atoms with van der Waals surface area (Å²) in [5.41, 5.74) is 0.678. The molecule has 0 saturated carbocycles. The molecule has 0 aliphatic rings. The maximum absolute atomic E-state index is 11.9. The van der Waals surface area contributed by atoms with Gasteiger partial charge in [0.05, 0.1) is 17.7 Å². The highest BCUT2D eigenvalue weighted by molar-refractivity contribution is 9.10. The number of aryl methyl sites for hydroxylation is 1. The van der Waals surface area contributed by atoms with Gasteiger partial charge in [-0.05, 0) is 35.0 Å². The predicted octanol–water partition coefficient (Wildman–Crippen LogP) is 1.83. The van der Waals surface area contributed by atoms with Crippen molar-refractivity contribution in [3.63, 3.8) is 0 Å². The van der Waals surface area contributed by atoms with Gasteiger partial charge in [-0.15, -0.1) is 0 Å². The zero-order chi connectivity index (χ0) is 14.0. The highest BCUT2D eigenvalue weighted by Crippen LogP contribution is 2.17. The van der Waals surface area contributed by atoms with E-state index in [1.165, 1.54) is 0 Å². The highest BCUT2D eigenvalue weighted by Gasteiger charge is 2.20. The van der Waals surface area contributed by atoms with E-state index in [9.17, 15) is 9.59 Å². The molecule has 2 aromatic rings. The number of nitrogens with one attached hydrogen (secondary N) is 2. The van der Waals surface area contributed by atoms with E-state index >= 15 is 0 Å². The molecule has 2 aromatic heterocycles. The minimum atomic E-state index is -1.24. The molecule has 2 heterocycles. The molecule has 19 heavy (non-hydrogen) atoms. The topological polar surface area (TPSA) is 108 Å². The van der Waals surface area contributed by atoms with Gasteiger partial charge >= 0.3 is 5.97 Å². The maximum atomic E-state index is 11.9. The first-order valence-corrected chi connectivity index (χ1v) is 5.99. The number of rotatable bonds is 3. The van der Waals surface area contributed by atoms with Crippen LogP contribution in [0.3, 0.4) is 0 Å². The fourth-order valence-corrected chi connectivity index (χ4v) is 1.87. The molecule has 0 radical (unpaired) electrons. The molecular formula is C11H9BrN4O3. The molecule has 2 rings (SSSR count). The second kappa shape index (κ2) is 5.19. The Morgan fingerprint density at radius 2 is 2.16 bits per heavy atom. The molecule has 0 saturated heterocycles. The Bertz CT molecular complexity index is 653. The number of carbonyl (C=O) groups excluding carboxylic acids is 1. The van der Waals surface area contributed by atoms with Crippen molar-refractivity contribution in [2.75, 3.05) is 5.32 Å². The van der Waals surface area contributed by atoms with Crippen LogP contribution in [0.15, 0.2) is 23.1 Å². The summed E-state index contributed by atoms with van der Waals surface area (Å²) in [6, 6.07) is 3.34. The largest absolute Gasteiger partial charge is 0.477 e. The van der Waals surface area contributed by atoms with Gasteiger partial charge in [-0.3, -0.25) is 4.79 Å². The minimum absolute atomic E-state index is 0.171. The molecular weight excluding hydrogens is 316 g/mol. The number of nitrogens with zero attached hydrogens (tertiary/aromatic N) is 2. The second-order valence-electron chi connectivity index (χ2n) is 3.65. The molecule has 0 atom stereocenters. The number of carboxylic acid groups (broad SMARTS) is 1. The monoisotopic (exact) mass is 324 g/mol. The van der Waals surface area contributed by atoms with Crippen molar-refractivity contribution in [1.82, 2.24) is 15.0 Å². The number of hydrogen-bond donors (Lipinski definition) is 3. The molecule has 8 heteroatoms. The summed E-state index contributed by atoms with van der Waals surface area (Å²) >= 11 is 3.21. The Labute approximate surface area is 116 Å². The Morgan fingerprint density at radius 1 is 1.42 bits per heavy atom. The zero-order valence-corrected chi connectivity index (χ0v) is 11.4. The molecule has 0 bridgehead atoms. The summed E-state index contributed by atoms with van der Waals surface area (Å²) in [4.78, 5) is 33.0. The number of halogens is 1. The lowest BCUT2D eigenvalue weighted by molar-refractivity contribution is 0.0686. The van der Waals surface area contributed by atoms with Crippen LogP contribution in [-0.4, -0.2) is 31.9 Å². The quantitative estimate of drug-likeness (QED) is 0.746. The third kappa shape index (κ3) is 2.79. The van der Waals surface area contributed by atoms with Gasteiger partial charge in [-0.2, -0.15) is 0 Å². The van der Waals surface area contributed by atoms with E-state index in [-0.39, 0.29) is 11.4 Å². The van der Waals surface area contributed by atoms with Gasteiger partial charge in [-0.25, -0.2) is 14.8 Å². The van der Waals surface area contributed by atoms with Crippen molar-refractivity contribution in [1.29, 1.82) is 0 Å². The van der Waals surface area contributed by atoms with Crippen LogP contribution in [0.5, 0.6) is 0 Å². The smallest absolute Gasteiger partial charge is 0.354 e. The van der Waals surface area contributed by atoms with Crippen LogP contribution >= 0.6 is 15.9 Å². The Morgan fingerprint density at radius 3 is 2.79 bits per heavy atom. The molecule has 0 fully saturated rings. The first-order chi connectivity index (χ1) is 8.99. The van der Waals surface area contributed by atoms with E-state index in [1.807, 2.05) is 0 Å². The van der Waals surface area contributed by atoms with Crippen LogP contribution in [0.25, 0.3) is 0 Å². The van der Waals surface area contributed by atoms with Gasteiger partial charge in [0.2, 0.25) is 0 Å². The fourth-order valence-electron chi connectivity index (χ4n) is 1.47. The number of imidazole rings is 1. The lowest BCUT2D eigenvalue weighted by Gasteiger charge is -2.07. The molecule has 0 aliphatic carbocycles. The molecule has 0 aliphatic heterocycles. The molecule has 0 unspecified atom stereocenters. The van der Waals surface area contributed by atoms with Crippen molar-refractivity contribution in [3.05, 3.63) is 40.1 Å². The van der Waals surface area contributed by atoms with Gasteiger partial charge in [0, 0.05) is 0 Å². The maximum Gasteiger partial charge on any atom is 0.354 e. The molecule has 7 nitrogen and oxygen atoms in total. The summed E-state index contributed by atoms with van der Waals surface area (Å²) in [5, 5.41) is 11.5. The lowest BCUT2D eigenvalue weighted by Crippen LogP contribution is -2.17. The molecule has 98 valence electrons. The number of aromatic nitrogens is 3. The van der Waals surface area contributed by atoms with Gasteiger partial charge in [0.15, 0.2) is 11.4 Å². The third-order valence-electron chi connectivity index (χ3n) is 2.37. The SMILES string of the molecule is Cc1nc(Br)ccc1NC(=O)c1nc[nH]c1C(=O)O. The van der Waals surface area contributed by atoms with Gasteiger partial charge < -0.3 is 15.4 Å². The summed E-state index contributed by atoms with van der Waals surface area (Å²) in [6.07, 6.45) is 1.16. The third-order valence-corrected chi connectivity index (χ3v) is 2.81. The number of anilines is 1. The number of H-pyrrole nitrogens is 1. The molecule has 0 aromatic carbocycles. The summed E-state index contributed by atoms with van der Waals surface area (Å²) in [6.45, 7) is 1.73. The number of carboxylic acids is 1. The normalized spacial score (nSPS) is 10.2. The van der Waals surface area contributed by atoms with E-state index < -0.39 is 11.9 Å². The van der Waals surface area contributed by atoms with Crippen LogP contribution < -0.4 is 5.32 Å². The van der Waals surface area contributed by atoms with Crippen LogP contribution in [0, 0.1) is 6.92 Å². The number of hydrogen-bond acceptors (Lipinski definition) is 4. The predicted molar refractivity (Wildman–Crippen MR) is 70.2 cm³/mol. The first kappa shape index (κ1) is 13.2. The van der Waals surface area contributed by atoms with Crippen molar-refractivity contribution >= 4 is 33.5 Å². The van der Waals surface area contributed by atoms with Gasteiger partial charge in [-0.1, -0.05) is 0 Å². The first-order valence-electron chi connectivity index (χ1n) is 5.20. The Balaban J connectivity index is 2.26. The number of aromatic amines is 1. The van der Waals surface area contributed by atoms with E-state index in [0.717, 1.165) is 6.33 Å². The molecule has 0 spiro atoms. The van der Waals surface area contributed by atoms with Crippen LogP contribution in [0.1, 0.15) is 26.7 Å². The number of pyridine rings is 1. The molecule has 1 amide bonds. The Hall–Kier alpha value is -2.22. The van der Waals surface area contributed by atoms with Crippen molar-refractivity contribution in [2.45, 2.75) is 6.92 Å². The Kier molecular flexibility index (Phi) is 3.61. The van der Waals surface area contributed by atoms with Crippen LogP contribution in [-0.2, 0) is 0 Å². The number of aromatic carboxylic acids is 1. The van der Waals surface area contributed by atoms with E-state index in [4.69, 9.17) is 5.11 Å². The van der Waals surface area contributed by atoms with Crippen molar-refractivity contribution in [3.8, 4) is 0 Å². The standard InChI is InChI=1S/C11H9BrN4O3/c1-5-6(2-3-7(12)15-5)16-10(17)8-9(11(18)19)14-4-13-8/h2-4H,1H3,(H,13,14)(H,16,17)(H,18,19). The number of carbonyl (C=O) groups is 2. The van der Waals surface area contributed by atoms with Crippen molar-refractivity contribution < 1.29 is 14.7 Å². The average Bonchev–Trinajstić information content (AvgIpc) is 2.82. The van der Waals surface area contributed by atoms with Crippen LogP contribution in [0.4, 0.5) is 5.69 Å². The lowest BCUT2D eigenvalue weighted by atomic mass is 10.2. The summed E-state index contributed by atoms with van der Waals surface area (Å²) in [5.74, 6) is -1.85. The average molecular weight is 325 g/mol. The summed E-state index contributed by atoms with van der Waals surface area (Å²) < 4.78 is 0.647. The number of amides is 1. The minimum Gasteiger partial charge on any atom is -0.477 e. The fraction of sp³-hybridized carbons (Fsp3) is 0.0909.